The predicted molar refractivity (Wildman–Crippen MR) is 54.0 cm³/mol. The van der Waals surface area contributed by atoms with Crippen molar-refractivity contribution < 1.29 is 17.6 Å². The molecule has 0 bridgehead atoms. The zero-order valence-electron chi connectivity index (χ0n) is 8.81. The fourth-order valence-corrected chi connectivity index (χ4v) is 1.45. The van der Waals surface area contributed by atoms with E-state index < -0.39 is 12.3 Å². The minimum Gasteiger partial charge on any atom is -0.319 e. The molecule has 0 aliphatic rings. The van der Waals surface area contributed by atoms with Crippen LogP contribution < -0.4 is 5.32 Å². The van der Waals surface area contributed by atoms with E-state index in [2.05, 4.69) is 5.32 Å². The van der Waals surface area contributed by atoms with Crippen LogP contribution in [0.15, 0.2) is 24.3 Å². The van der Waals surface area contributed by atoms with Gasteiger partial charge in [-0.3, -0.25) is 0 Å². The van der Waals surface area contributed by atoms with Gasteiger partial charge in [-0.1, -0.05) is 24.3 Å². The molecule has 1 N–H and O–H groups in total. The molecule has 0 aromatic heterocycles. The first-order valence-electron chi connectivity index (χ1n) is 4.90. The highest BCUT2D eigenvalue weighted by Crippen LogP contribution is 2.37. The Morgan fingerprint density at radius 2 is 1.88 bits per heavy atom. The summed E-state index contributed by atoms with van der Waals surface area (Å²) in [6.07, 6.45) is -7.36. The lowest BCUT2D eigenvalue weighted by molar-refractivity contribution is -0.183. The summed E-state index contributed by atoms with van der Waals surface area (Å²) in [5, 5.41) is 2.82. The third kappa shape index (κ3) is 3.20. The number of hydrogen-bond acceptors (Lipinski definition) is 1. The Kier molecular flexibility index (Phi) is 4.29. The van der Waals surface area contributed by atoms with Crippen molar-refractivity contribution in [2.75, 3.05) is 13.6 Å². The zero-order chi connectivity index (χ0) is 12.2. The molecule has 1 unspecified atom stereocenters. The molecule has 0 aliphatic heterocycles. The third-order valence-electron chi connectivity index (χ3n) is 2.26. The van der Waals surface area contributed by atoms with Crippen LogP contribution in [0.25, 0.3) is 0 Å². The molecular formula is C11H13F4N. The molecule has 0 aliphatic carbocycles. The summed E-state index contributed by atoms with van der Waals surface area (Å²) in [5.74, 6) is 0. The number of benzene rings is 1. The Hall–Kier alpha value is -1.10. The Morgan fingerprint density at radius 3 is 2.44 bits per heavy atom. The van der Waals surface area contributed by atoms with Gasteiger partial charge in [0.05, 0.1) is 0 Å². The van der Waals surface area contributed by atoms with Gasteiger partial charge in [0, 0.05) is 0 Å². The van der Waals surface area contributed by atoms with Gasteiger partial charge in [0.1, 0.15) is 0 Å². The molecule has 1 atom stereocenters. The predicted octanol–water partition coefficient (Wildman–Crippen LogP) is 3.02. The van der Waals surface area contributed by atoms with Crippen molar-refractivity contribution in [3.63, 3.8) is 0 Å². The van der Waals surface area contributed by atoms with Crippen molar-refractivity contribution in [2.45, 2.75) is 18.8 Å². The standard InChI is InChI=1S/C11H13F4N/c1-16-7-6-8-4-2-3-5-9(8)10(12)11(13,14)15/h2-5,10,16H,6-7H2,1H3. The first kappa shape index (κ1) is 13.0. The van der Waals surface area contributed by atoms with E-state index in [0.717, 1.165) is 0 Å². The maximum absolute atomic E-state index is 13.2. The van der Waals surface area contributed by atoms with E-state index in [-0.39, 0.29) is 5.56 Å². The summed E-state index contributed by atoms with van der Waals surface area (Å²) in [7, 11) is 1.69. The van der Waals surface area contributed by atoms with Crippen molar-refractivity contribution in [2.24, 2.45) is 0 Å². The Bertz CT molecular complexity index is 335. The van der Waals surface area contributed by atoms with Gasteiger partial charge in [0.25, 0.3) is 0 Å². The summed E-state index contributed by atoms with van der Waals surface area (Å²) in [5.41, 5.74) is 0.104. The minimum absolute atomic E-state index is 0.287. The summed E-state index contributed by atoms with van der Waals surface area (Å²) in [6.45, 7) is 0.515. The smallest absolute Gasteiger partial charge is 0.319 e. The van der Waals surface area contributed by atoms with Crippen LogP contribution in [0.1, 0.15) is 17.3 Å². The van der Waals surface area contributed by atoms with E-state index in [1.54, 1.807) is 13.1 Å². The Morgan fingerprint density at radius 1 is 1.25 bits per heavy atom. The zero-order valence-corrected chi connectivity index (χ0v) is 8.81. The van der Waals surface area contributed by atoms with Gasteiger partial charge in [-0.2, -0.15) is 13.2 Å². The monoisotopic (exact) mass is 235 g/mol. The Balaban J connectivity index is 2.94. The van der Waals surface area contributed by atoms with Gasteiger partial charge in [-0.15, -0.1) is 0 Å². The fraction of sp³-hybridized carbons (Fsp3) is 0.455. The highest BCUT2D eigenvalue weighted by Gasteiger charge is 2.42. The van der Waals surface area contributed by atoms with Crippen LogP contribution >= 0.6 is 0 Å². The maximum Gasteiger partial charge on any atom is 0.423 e. The van der Waals surface area contributed by atoms with Crippen LogP contribution in [0.2, 0.25) is 0 Å². The SMILES string of the molecule is CNCCc1ccccc1C(F)C(F)(F)F. The molecule has 1 aromatic rings. The number of rotatable bonds is 4. The van der Waals surface area contributed by atoms with Gasteiger partial charge in [0.2, 0.25) is 6.17 Å². The second kappa shape index (κ2) is 5.30. The molecule has 0 saturated heterocycles. The van der Waals surface area contributed by atoms with Crippen molar-refractivity contribution in [1.29, 1.82) is 0 Å². The van der Waals surface area contributed by atoms with Crippen LogP contribution in [0.5, 0.6) is 0 Å². The number of likely N-dealkylation sites (N-methyl/N-ethyl adjacent to an activating group) is 1. The summed E-state index contributed by atoms with van der Waals surface area (Å²) in [4.78, 5) is 0. The minimum atomic E-state index is -4.84. The van der Waals surface area contributed by atoms with Gasteiger partial charge < -0.3 is 5.32 Å². The lowest BCUT2D eigenvalue weighted by Crippen LogP contribution is -2.19. The van der Waals surface area contributed by atoms with E-state index in [1.165, 1.54) is 18.2 Å². The largest absolute Gasteiger partial charge is 0.423 e. The first-order chi connectivity index (χ1) is 7.46. The molecule has 0 saturated carbocycles. The van der Waals surface area contributed by atoms with Gasteiger partial charge >= 0.3 is 6.18 Å². The van der Waals surface area contributed by atoms with E-state index in [0.29, 0.717) is 18.5 Å². The molecule has 90 valence electrons. The first-order valence-corrected chi connectivity index (χ1v) is 4.90. The number of hydrogen-bond donors (Lipinski definition) is 1. The van der Waals surface area contributed by atoms with E-state index in [9.17, 15) is 17.6 Å². The molecule has 16 heavy (non-hydrogen) atoms. The van der Waals surface area contributed by atoms with E-state index in [4.69, 9.17) is 0 Å². The van der Waals surface area contributed by atoms with Crippen molar-refractivity contribution in [3.8, 4) is 0 Å². The average molecular weight is 235 g/mol. The van der Waals surface area contributed by atoms with Crippen LogP contribution in [-0.4, -0.2) is 19.8 Å². The highest BCUT2D eigenvalue weighted by atomic mass is 19.4. The molecule has 1 aromatic carbocycles. The molecule has 0 heterocycles. The molecule has 0 spiro atoms. The number of halogens is 4. The lowest BCUT2D eigenvalue weighted by atomic mass is 10.0. The number of nitrogens with one attached hydrogen (secondary N) is 1. The van der Waals surface area contributed by atoms with Crippen LogP contribution in [0.3, 0.4) is 0 Å². The molecule has 0 fully saturated rings. The molecule has 1 nitrogen and oxygen atoms in total. The van der Waals surface area contributed by atoms with Gasteiger partial charge in [0.15, 0.2) is 0 Å². The summed E-state index contributed by atoms with van der Waals surface area (Å²) >= 11 is 0. The summed E-state index contributed by atoms with van der Waals surface area (Å²) in [6, 6.07) is 5.72. The van der Waals surface area contributed by atoms with Gasteiger partial charge in [-0.25, -0.2) is 4.39 Å². The van der Waals surface area contributed by atoms with Crippen molar-refractivity contribution >= 4 is 0 Å². The third-order valence-corrected chi connectivity index (χ3v) is 2.26. The van der Waals surface area contributed by atoms with Crippen LogP contribution in [-0.2, 0) is 6.42 Å². The van der Waals surface area contributed by atoms with Crippen LogP contribution in [0, 0.1) is 0 Å². The van der Waals surface area contributed by atoms with E-state index in [1.807, 2.05) is 0 Å². The number of alkyl halides is 4. The molecule has 0 radical (unpaired) electrons. The topological polar surface area (TPSA) is 12.0 Å². The van der Waals surface area contributed by atoms with Crippen molar-refractivity contribution in [3.05, 3.63) is 35.4 Å². The van der Waals surface area contributed by atoms with Gasteiger partial charge in [-0.05, 0) is 31.1 Å². The van der Waals surface area contributed by atoms with E-state index >= 15 is 0 Å². The quantitative estimate of drug-likeness (QED) is 0.791. The lowest BCUT2D eigenvalue weighted by Gasteiger charge is -2.16. The van der Waals surface area contributed by atoms with Crippen molar-refractivity contribution in [1.82, 2.24) is 5.32 Å². The normalized spacial score (nSPS) is 13.8. The Labute approximate surface area is 91.5 Å². The second-order valence-corrected chi connectivity index (χ2v) is 3.46. The fourth-order valence-electron chi connectivity index (χ4n) is 1.45. The average Bonchev–Trinajstić information content (AvgIpc) is 2.24. The molecule has 1 rings (SSSR count). The molecule has 0 amide bonds. The molecule has 5 heteroatoms. The molecular weight excluding hydrogens is 222 g/mol. The maximum atomic E-state index is 13.2. The highest BCUT2D eigenvalue weighted by molar-refractivity contribution is 5.30. The van der Waals surface area contributed by atoms with Crippen LogP contribution in [0.4, 0.5) is 17.6 Å². The second-order valence-electron chi connectivity index (χ2n) is 3.46. The summed E-state index contributed by atoms with van der Waals surface area (Å²) < 4.78 is 49.9.